The molecule has 0 spiro atoms. The molecule has 4 aromatic rings. The van der Waals surface area contributed by atoms with Gasteiger partial charge >= 0.3 is 0 Å². The number of carbonyl (C=O) groups is 2. The summed E-state index contributed by atoms with van der Waals surface area (Å²) in [4.78, 5) is 34.5. The Kier molecular flexibility index (Phi) is 7.59. The number of hydrogen-bond donors (Lipinski definition) is 3. The number of hydrogen-bond acceptors (Lipinski definition) is 6. The van der Waals surface area contributed by atoms with Gasteiger partial charge in [0.1, 0.15) is 0 Å². The van der Waals surface area contributed by atoms with E-state index in [0.717, 1.165) is 58.6 Å². The number of rotatable bonds is 7. The van der Waals surface area contributed by atoms with E-state index in [1.165, 1.54) is 16.9 Å². The van der Waals surface area contributed by atoms with E-state index in [1.807, 2.05) is 49.6 Å². The van der Waals surface area contributed by atoms with Gasteiger partial charge in [-0.25, -0.2) is 4.98 Å². The number of carbonyl (C=O) groups excluding carboxylic acids is 2. The van der Waals surface area contributed by atoms with E-state index >= 15 is 0 Å². The normalized spacial score (nSPS) is 16.4. The first-order valence-corrected chi connectivity index (χ1v) is 14.1. The van der Waals surface area contributed by atoms with Gasteiger partial charge in [-0.1, -0.05) is 31.2 Å². The topological polar surface area (TPSA) is 110 Å². The zero-order valence-electron chi connectivity index (χ0n) is 22.5. The summed E-state index contributed by atoms with van der Waals surface area (Å²) in [6, 6.07) is 18.0. The van der Waals surface area contributed by atoms with Crippen molar-refractivity contribution in [2.24, 2.45) is 5.73 Å². The van der Waals surface area contributed by atoms with Crippen LogP contribution < -0.4 is 16.4 Å². The van der Waals surface area contributed by atoms with E-state index < -0.39 is 0 Å². The molecule has 2 aromatic carbocycles. The average Bonchev–Trinajstić information content (AvgIpc) is 3.40. The van der Waals surface area contributed by atoms with Gasteiger partial charge in [-0.2, -0.15) is 0 Å². The van der Waals surface area contributed by atoms with Crippen molar-refractivity contribution in [3.63, 3.8) is 0 Å². The zero-order valence-corrected chi connectivity index (χ0v) is 23.3. The van der Waals surface area contributed by atoms with Crippen molar-refractivity contribution in [2.45, 2.75) is 45.4 Å². The summed E-state index contributed by atoms with van der Waals surface area (Å²) >= 11 is 1.35. The molecule has 0 bridgehead atoms. The summed E-state index contributed by atoms with van der Waals surface area (Å²) in [6.07, 6.45) is 3.10. The van der Waals surface area contributed by atoms with E-state index in [-0.39, 0.29) is 23.8 Å². The number of nitrogens with one attached hydrogen (secondary N) is 2. The molecule has 0 aliphatic heterocycles. The van der Waals surface area contributed by atoms with Gasteiger partial charge in [0.2, 0.25) is 5.91 Å². The summed E-state index contributed by atoms with van der Waals surface area (Å²) < 4.78 is 0. The minimum atomic E-state index is -0.328. The highest BCUT2D eigenvalue weighted by Crippen LogP contribution is 2.37. The predicted octanol–water partition coefficient (Wildman–Crippen LogP) is 5.41. The number of aromatic nitrogens is 2. The molecule has 2 aromatic heterocycles. The number of pyridine rings is 1. The molecule has 0 fully saturated rings. The molecular weight excluding hydrogens is 506 g/mol. The molecule has 1 aliphatic carbocycles. The molecule has 0 unspecified atom stereocenters. The molecule has 7 nitrogen and oxygen atoms in total. The number of aryl methyl sites for hydroxylation is 3. The summed E-state index contributed by atoms with van der Waals surface area (Å²) in [7, 11) is 0. The quantitative estimate of drug-likeness (QED) is 0.291. The summed E-state index contributed by atoms with van der Waals surface area (Å²) in [5.74, 6) is -0.610. The second kappa shape index (κ2) is 11.1. The Morgan fingerprint density at radius 1 is 1.00 bits per heavy atom. The van der Waals surface area contributed by atoms with Crippen LogP contribution in [0, 0.1) is 13.8 Å². The largest absolute Gasteiger partial charge is 0.343 e. The van der Waals surface area contributed by atoms with E-state index in [9.17, 15) is 9.59 Å². The summed E-state index contributed by atoms with van der Waals surface area (Å²) in [6.45, 7) is 6.52. The third-order valence-corrected chi connectivity index (χ3v) is 8.14. The Morgan fingerprint density at radius 2 is 1.77 bits per heavy atom. The smallest absolute Gasteiger partial charge is 0.251 e. The summed E-state index contributed by atoms with van der Waals surface area (Å²) in [5.41, 5.74) is 14.7. The third-order valence-electron chi connectivity index (χ3n) is 7.38. The van der Waals surface area contributed by atoms with Gasteiger partial charge in [-0.05, 0) is 85.7 Å². The van der Waals surface area contributed by atoms with Crippen LogP contribution >= 0.6 is 11.3 Å². The number of anilines is 1. The van der Waals surface area contributed by atoms with Crippen LogP contribution in [0.3, 0.4) is 0 Å². The van der Waals surface area contributed by atoms with E-state index in [4.69, 9.17) is 5.73 Å². The Morgan fingerprint density at radius 3 is 2.54 bits per heavy atom. The molecule has 8 heteroatoms. The van der Waals surface area contributed by atoms with Crippen molar-refractivity contribution >= 4 is 28.3 Å². The maximum absolute atomic E-state index is 12.8. The first-order chi connectivity index (χ1) is 18.7. The minimum absolute atomic E-state index is 0.125. The lowest BCUT2D eigenvalue weighted by Gasteiger charge is -2.35. The Bertz CT molecular complexity index is 1530. The fourth-order valence-electron chi connectivity index (χ4n) is 5.26. The second-order valence-corrected chi connectivity index (χ2v) is 11.3. The lowest BCUT2D eigenvalue weighted by molar-refractivity contribution is -0.115. The second-order valence-electron chi connectivity index (χ2n) is 10.5. The van der Waals surface area contributed by atoms with Crippen LogP contribution in [0.25, 0.3) is 22.4 Å². The van der Waals surface area contributed by atoms with Gasteiger partial charge in [-0.3, -0.25) is 14.6 Å². The number of amides is 2. The van der Waals surface area contributed by atoms with Crippen molar-refractivity contribution in [1.82, 2.24) is 15.3 Å². The summed E-state index contributed by atoms with van der Waals surface area (Å²) in [5, 5.41) is 7.93. The highest BCUT2D eigenvalue weighted by Gasteiger charge is 2.31. The molecule has 2 amide bonds. The SMILES string of the molecule is Cc1cc(-c2cccc(-c3csc(NC(=O)CNC(=O)c4ccc5c(c4)[C@@](C)(CN)CCC5)n3)c2)cc(C)n1. The van der Waals surface area contributed by atoms with Crippen molar-refractivity contribution < 1.29 is 9.59 Å². The molecule has 39 heavy (non-hydrogen) atoms. The molecule has 0 radical (unpaired) electrons. The first kappa shape index (κ1) is 26.7. The third kappa shape index (κ3) is 5.92. The molecule has 0 saturated carbocycles. The lowest BCUT2D eigenvalue weighted by Crippen LogP contribution is -2.36. The lowest BCUT2D eigenvalue weighted by atomic mass is 9.71. The monoisotopic (exact) mass is 539 g/mol. The number of thiazole rings is 1. The van der Waals surface area contributed by atoms with Crippen LogP contribution in [-0.2, 0) is 16.6 Å². The van der Waals surface area contributed by atoms with Crippen LogP contribution in [0.5, 0.6) is 0 Å². The van der Waals surface area contributed by atoms with Gasteiger partial charge in [0.25, 0.3) is 5.91 Å². The van der Waals surface area contributed by atoms with Gasteiger partial charge in [0.05, 0.1) is 12.2 Å². The maximum Gasteiger partial charge on any atom is 0.251 e. The number of nitrogens with zero attached hydrogens (tertiary/aromatic N) is 2. The minimum Gasteiger partial charge on any atom is -0.343 e. The van der Waals surface area contributed by atoms with Crippen LogP contribution in [0.15, 0.2) is 60.0 Å². The average molecular weight is 540 g/mol. The number of nitrogens with two attached hydrogens (primary N) is 1. The van der Waals surface area contributed by atoms with Gasteiger partial charge < -0.3 is 16.4 Å². The van der Waals surface area contributed by atoms with E-state index in [2.05, 4.69) is 51.8 Å². The standard InChI is InChI=1S/C31H33N5O2S/c1-19-12-25(13-20(2)34-19)22-6-4-7-23(14-22)27-17-39-30(35-27)36-28(37)16-33-29(38)24-10-9-21-8-5-11-31(3,18-32)26(21)15-24/h4,6-7,9-10,12-15,17H,5,8,11,16,18,32H2,1-3H3,(H,33,38)(H,35,36,37)/t31-/m1/s1. The number of benzene rings is 2. The van der Waals surface area contributed by atoms with Crippen LogP contribution in [0.2, 0.25) is 0 Å². The molecular formula is C31H33N5O2S. The maximum atomic E-state index is 12.8. The number of fused-ring (bicyclic) bond motifs is 1. The van der Waals surface area contributed by atoms with Crippen LogP contribution in [-0.4, -0.2) is 34.9 Å². The van der Waals surface area contributed by atoms with Crippen molar-refractivity contribution in [1.29, 1.82) is 0 Å². The molecule has 1 aliphatic rings. The Balaban J connectivity index is 1.22. The predicted molar refractivity (Wildman–Crippen MR) is 157 cm³/mol. The van der Waals surface area contributed by atoms with Gasteiger partial charge in [-0.15, -0.1) is 11.3 Å². The van der Waals surface area contributed by atoms with Crippen molar-refractivity contribution in [3.05, 3.63) is 88.1 Å². The van der Waals surface area contributed by atoms with Crippen molar-refractivity contribution in [2.75, 3.05) is 18.4 Å². The molecule has 2 heterocycles. The highest BCUT2D eigenvalue weighted by atomic mass is 32.1. The highest BCUT2D eigenvalue weighted by molar-refractivity contribution is 7.14. The fraction of sp³-hybridized carbons (Fsp3) is 0.290. The Hall–Kier alpha value is -3.88. The molecule has 0 saturated heterocycles. The Labute approximate surface area is 232 Å². The van der Waals surface area contributed by atoms with Crippen molar-refractivity contribution in [3.8, 4) is 22.4 Å². The van der Waals surface area contributed by atoms with Crippen LogP contribution in [0.4, 0.5) is 5.13 Å². The van der Waals surface area contributed by atoms with Gasteiger partial charge in [0, 0.05) is 39.9 Å². The molecule has 1 atom stereocenters. The fourth-order valence-corrected chi connectivity index (χ4v) is 6.00. The molecule has 200 valence electrons. The molecule has 5 rings (SSSR count). The van der Waals surface area contributed by atoms with E-state index in [0.29, 0.717) is 17.2 Å². The van der Waals surface area contributed by atoms with Crippen LogP contribution in [0.1, 0.15) is 52.6 Å². The molecule has 4 N–H and O–H groups in total. The first-order valence-electron chi connectivity index (χ1n) is 13.2. The van der Waals surface area contributed by atoms with Gasteiger partial charge in [0.15, 0.2) is 5.13 Å². The zero-order chi connectivity index (χ0) is 27.6. The van der Waals surface area contributed by atoms with E-state index in [1.54, 1.807) is 0 Å².